The molecule has 0 amide bonds. The Hall–Kier alpha value is -2.10. The van der Waals surface area contributed by atoms with Gasteiger partial charge in [-0.05, 0) is 30.9 Å². The van der Waals surface area contributed by atoms with Gasteiger partial charge in [-0.2, -0.15) is 0 Å². The second-order valence-electron chi connectivity index (χ2n) is 5.09. The van der Waals surface area contributed by atoms with Crippen LogP contribution in [0.25, 0.3) is 11.4 Å². The molecule has 19 heavy (non-hydrogen) atoms. The Labute approximate surface area is 111 Å². The van der Waals surface area contributed by atoms with Crippen molar-refractivity contribution in [2.75, 3.05) is 0 Å². The summed E-state index contributed by atoms with van der Waals surface area (Å²) >= 11 is 0. The zero-order chi connectivity index (χ0) is 13.4. The van der Waals surface area contributed by atoms with Gasteiger partial charge >= 0.3 is 5.97 Å². The zero-order valence-electron chi connectivity index (χ0n) is 10.8. The molecule has 4 heteroatoms. The Morgan fingerprint density at radius 2 is 2.32 bits per heavy atom. The summed E-state index contributed by atoms with van der Waals surface area (Å²) in [6.45, 7) is 3.18. The summed E-state index contributed by atoms with van der Waals surface area (Å²) in [4.78, 5) is 15.5. The fourth-order valence-corrected chi connectivity index (χ4v) is 2.74. The SMILES string of the molecule is CC1CCCn2c1cnc2-c1cccc(C(=O)O)c1. The van der Waals surface area contributed by atoms with E-state index < -0.39 is 5.97 Å². The van der Waals surface area contributed by atoms with Gasteiger partial charge < -0.3 is 9.67 Å². The molecule has 2 heterocycles. The van der Waals surface area contributed by atoms with Crippen molar-refractivity contribution < 1.29 is 9.90 Å². The van der Waals surface area contributed by atoms with E-state index in [1.807, 2.05) is 12.3 Å². The normalized spacial score (nSPS) is 18.1. The molecule has 2 aromatic rings. The molecular formula is C15H16N2O2. The Kier molecular flexibility index (Phi) is 2.85. The molecule has 0 saturated heterocycles. The van der Waals surface area contributed by atoms with Gasteiger partial charge in [0.15, 0.2) is 0 Å². The molecule has 1 unspecified atom stereocenters. The predicted molar refractivity (Wildman–Crippen MR) is 72.3 cm³/mol. The van der Waals surface area contributed by atoms with Gasteiger partial charge in [0, 0.05) is 24.0 Å². The molecule has 1 aromatic heterocycles. The van der Waals surface area contributed by atoms with E-state index in [0.717, 1.165) is 24.4 Å². The largest absolute Gasteiger partial charge is 0.478 e. The van der Waals surface area contributed by atoms with E-state index in [1.165, 1.54) is 12.1 Å². The molecule has 1 aliphatic rings. The van der Waals surface area contributed by atoms with E-state index in [0.29, 0.717) is 11.5 Å². The lowest BCUT2D eigenvalue weighted by Crippen LogP contribution is -2.14. The highest BCUT2D eigenvalue weighted by atomic mass is 16.4. The average molecular weight is 256 g/mol. The van der Waals surface area contributed by atoms with Crippen LogP contribution in [0.5, 0.6) is 0 Å². The van der Waals surface area contributed by atoms with Gasteiger partial charge in [0.1, 0.15) is 5.82 Å². The third-order valence-corrected chi connectivity index (χ3v) is 3.78. The smallest absolute Gasteiger partial charge is 0.335 e. The molecule has 0 spiro atoms. The molecule has 1 atom stereocenters. The number of benzene rings is 1. The van der Waals surface area contributed by atoms with Crippen molar-refractivity contribution in [3.05, 3.63) is 41.7 Å². The van der Waals surface area contributed by atoms with Gasteiger partial charge in [-0.15, -0.1) is 0 Å². The first-order valence-corrected chi connectivity index (χ1v) is 6.56. The van der Waals surface area contributed by atoms with Crippen LogP contribution < -0.4 is 0 Å². The maximum absolute atomic E-state index is 11.0. The fraction of sp³-hybridized carbons (Fsp3) is 0.333. The minimum Gasteiger partial charge on any atom is -0.478 e. The molecule has 1 N–H and O–H groups in total. The van der Waals surface area contributed by atoms with Crippen molar-refractivity contribution in [3.63, 3.8) is 0 Å². The molecule has 0 saturated carbocycles. The number of carbonyl (C=O) groups is 1. The molecule has 4 nitrogen and oxygen atoms in total. The molecular weight excluding hydrogens is 240 g/mol. The molecule has 0 aliphatic carbocycles. The lowest BCUT2D eigenvalue weighted by molar-refractivity contribution is 0.0697. The highest BCUT2D eigenvalue weighted by Gasteiger charge is 2.20. The molecule has 0 fully saturated rings. The van der Waals surface area contributed by atoms with Crippen molar-refractivity contribution in [2.45, 2.75) is 32.2 Å². The van der Waals surface area contributed by atoms with E-state index in [2.05, 4.69) is 16.5 Å². The predicted octanol–water partition coefficient (Wildman–Crippen LogP) is 3.15. The van der Waals surface area contributed by atoms with Gasteiger partial charge in [-0.1, -0.05) is 19.1 Å². The molecule has 0 radical (unpaired) electrons. The van der Waals surface area contributed by atoms with Crippen LogP contribution in [0.1, 0.15) is 41.7 Å². The van der Waals surface area contributed by atoms with Crippen LogP contribution in [0.4, 0.5) is 0 Å². The number of carboxylic acid groups (broad SMARTS) is 1. The molecule has 0 bridgehead atoms. The second-order valence-corrected chi connectivity index (χ2v) is 5.09. The van der Waals surface area contributed by atoms with E-state index >= 15 is 0 Å². The highest BCUT2D eigenvalue weighted by molar-refractivity contribution is 5.89. The van der Waals surface area contributed by atoms with Crippen molar-refractivity contribution >= 4 is 5.97 Å². The summed E-state index contributed by atoms with van der Waals surface area (Å²) in [5.74, 6) is 0.503. The van der Waals surface area contributed by atoms with Crippen LogP contribution in [0.3, 0.4) is 0 Å². The summed E-state index contributed by atoms with van der Waals surface area (Å²) in [5, 5.41) is 9.06. The summed E-state index contributed by atoms with van der Waals surface area (Å²) < 4.78 is 2.22. The lowest BCUT2D eigenvalue weighted by atomic mass is 9.98. The number of aromatic carboxylic acids is 1. The second kappa shape index (κ2) is 4.53. The number of hydrogen-bond acceptors (Lipinski definition) is 2. The van der Waals surface area contributed by atoms with Crippen LogP contribution in [0.15, 0.2) is 30.5 Å². The minimum atomic E-state index is -0.902. The van der Waals surface area contributed by atoms with Crippen molar-refractivity contribution in [1.82, 2.24) is 9.55 Å². The maximum atomic E-state index is 11.0. The zero-order valence-corrected chi connectivity index (χ0v) is 10.8. The molecule has 98 valence electrons. The minimum absolute atomic E-state index is 0.304. The highest BCUT2D eigenvalue weighted by Crippen LogP contribution is 2.31. The molecule has 1 aliphatic heterocycles. The Bertz CT molecular complexity index is 631. The fourth-order valence-electron chi connectivity index (χ4n) is 2.74. The number of carboxylic acids is 1. The van der Waals surface area contributed by atoms with Crippen LogP contribution in [0, 0.1) is 0 Å². The topological polar surface area (TPSA) is 55.1 Å². The van der Waals surface area contributed by atoms with Crippen molar-refractivity contribution in [2.24, 2.45) is 0 Å². The summed E-state index contributed by atoms with van der Waals surface area (Å²) in [7, 11) is 0. The van der Waals surface area contributed by atoms with Gasteiger partial charge in [-0.25, -0.2) is 9.78 Å². The Morgan fingerprint density at radius 3 is 3.11 bits per heavy atom. The first kappa shape index (κ1) is 12.0. The van der Waals surface area contributed by atoms with Crippen molar-refractivity contribution in [1.29, 1.82) is 0 Å². The Balaban J connectivity index is 2.08. The first-order valence-electron chi connectivity index (χ1n) is 6.56. The monoisotopic (exact) mass is 256 g/mol. The quantitative estimate of drug-likeness (QED) is 0.898. The third-order valence-electron chi connectivity index (χ3n) is 3.78. The summed E-state index contributed by atoms with van der Waals surface area (Å²) in [6.07, 6.45) is 4.27. The number of fused-ring (bicyclic) bond motifs is 1. The number of hydrogen-bond donors (Lipinski definition) is 1. The van der Waals surface area contributed by atoms with Crippen LogP contribution in [-0.4, -0.2) is 20.6 Å². The first-order chi connectivity index (χ1) is 9.16. The van der Waals surface area contributed by atoms with Crippen LogP contribution in [-0.2, 0) is 6.54 Å². The molecule has 1 aromatic carbocycles. The van der Waals surface area contributed by atoms with Crippen molar-refractivity contribution in [3.8, 4) is 11.4 Å². The van der Waals surface area contributed by atoms with Crippen LogP contribution >= 0.6 is 0 Å². The van der Waals surface area contributed by atoms with E-state index in [4.69, 9.17) is 5.11 Å². The van der Waals surface area contributed by atoms with Gasteiger partial charge in [-0.3, -0.25) is 0 Å². The number of nitrogens with zero attached hydrogens (tertiary/aromatic N) is 2. The van der Waals surface area contributed by atoms with Gasteiger partial charge in [0.25, 0.3) is 0 Å². The van der Waals surface area contributed by atoms with Crippen LogP contribution in [0.2, 0.25) is 0 Å². The summed E-state index contributed by atoms with van der Waals surface area (Å²) in [6, 6.07) is 6.99. The number of aromatic nitrogens is 2. The van der Waals surface area contributed by atoms with Gasteiger partial charge in [0.2, 0.25) is 0 Å². The summed E-state index contributed by atoms with van der Waals surface area (Å²) in [5.41, 5.74) is 2.43. The van der Waals surface area contributed by atoms with E-state index in [-0.39, 0.29) is 0 Å². The maximum Gasteiger partial charge on any atom is 0.335 e. The average Bonchev–Trinajstić information content (AvgIpc) is 2.84. The van der Waals surface area contributed by atoms with E-state index in [9.17, 15) is 4.79 Å². The lowest BCUT2D eigenvalue weighted by Gasteiger charge is -2.22. The number of imidazole rings is 1. The van der Waals surface area contributed by atoms with E-state index in [1.54, 1.807) is 18.2 Å². The third kappa shape index (κ3) is 2.03. The van der Waals surface area contributed by atoms with Gasteiger partial charge in [0.05, 0.1) is 5.56 Å². The Morgan fingerprint density at radius 1 is 1.47 bits per heavy atom. The number of rotatable bonds is 2. The standard InChI is InChI=1S/C15H16N2O2/c1-10-4-3-7-17-13(10)9-16-14(17)11-5-2-6-12(8-11)15(18)19/h2,5-6,8-10H,3-4,7H2,1H3,(H,18,19). The molecule has 3 rings (SSSR count).